The smallest absolute Gasteiger partial charge is 0.461 e. The Morgan fingerprint density at radius 1 is 0.735 bits per heavy atom. The van der Waals surface area contributed by atoms with Crippen molar-refractivity contribution in [1.82, 2.24) is 0 Å². The van der Waals surface area contributed by atoms with Crippen LogP contribution in [0.3, 0.4) is 0 Å². The van der Waals surface area contributed by atoms with Crippen molar-refractivity contribution in [2.24, 2.45) is 0 Å². The van der Waals surface area contributed by atoms with Crippen molar-refractivity contribution in [2.45, 2.75) is 38.5 Å². The summed E-state index contributed by atoms with van der Waals surface area (Å²) in [5.41, 5.74) is 4.89. The summed E-state index contributed by atoms with van der Waals surface area (Å²) in [7, 11) is 0. The van der Waals surface area contributed by atoms with Crippen molar-refractivity contribution in [2.75, 3.05) is 19.8 Å². The molecule has 0 N–H and O–H groups in total. The van der Waals surface area contributed by atoms with Crippen LogP contribution in [-0.4, -0.2) is 31.9 Å². The minimum absolute atomic E-state index is 0.00307. The van der Waals surface area contributed by atoms with E-state index in [0.717, 1.165) is 41.5 Å². The maximum atomic E-state index is 13.0. The van der Waals surface area contributed by atoms with Crippen LogP contribution in [0.5, 0.6) is 0 Å². The van der Waals surface area contributed by atoms with Gasteiger partial charge in [-0.3, -0.25) is 0 Å². The predicted octanol–water partition coefficient (Wildman–Crippen LogP) is 6.33. The minimum Gasteiger partial charge on any atom is -0.461 e. The largest absolute Gasteiger partial charge is 0.508 e. The van der Waals surface area contributed by atoms with Gasteiger partial charge in [-0.1, -0.05) is 74.0 Å². The molecule has 0 fully saturated rings. The van der Waals surface area contributed by atoms with Gasteiger partial charge >= 0.3 is 12.1 Å². The molecule has 34 heavy (non-hydrogen) atoms. The first-order chi connectivity index (χ1) is 16.6. The molecule has 1 aliphatic rings. The number of carbonyl (C=O) groups excluding carboxylic acids is 2. The SMILES string of the molecule is CCCCc1ccc(C(=O)OCC2(COC(=O)OCC)c3ccccc3-c3ccccc32)cc1. The number of fused-ring (bicyclic) bond motifs is 3. The van der Waals surface area contributed by atoms with E-state index in [0.29, 0.717) is 5.56 Å². The summed E-state index contributed by atoms with van der Waals surface area (Å²) in [5.74, 6) is -0.403. The van der Waals surface area contributed by atoms with Crippen molar-refractivity contribution in [3.05, 3.63) is 95.1 Å². The lowest BCUT2D eigenvalue weighted by Crippen LogP contribution is -2.38. The molecule has 0 saturated carbocycles. The third-order valence-electron chi connectivity index (χ3n) is 6.33. The number of carbonyl (C=O) groups is 2. The number of rotatable bonds is 9. The lowest BCUT2D eigenvalue weighted by molar-refractivity contribution is 0.0219. The third kappa shape index (κ3) is 4.69. The molecule has 0 amide bonds. The molecule has 0 aliphatic heterocycles. The Morgan fingerprint density at radius 3 is 1.91 bits per heavy atom. The maximum absolute atomic E-state index is 13.0. The molecular weight excluding hydrogens is 428 g/mol. The van der Waals surface area contributed by atoms with Gasteiger partial charge in [0.25, 0.3) is 0 Å². The fraction of sp³-hybridized carbons (Fsp3) is 0.310. The van der Waals surface area contributed by atoms with E-state index < -0.39 is 17.5 Å². The Morgan fingerprint density at radius 2 is 1.32 bits per heavy atom. The van der Waals surface area contributed by atoms with Gasteiger partial charge in [-0.15, -0.1) is 0 Å². The molecule has 0 atom stereocenters. The molecule has 4 rings (SSSR count). The second kappa shape index (κ2) is 10.6. The first-order valence-corrected chi connectivity index (χ1v) is 11.8. The van der Waals surface area contributed by atoms with Gasteiger partial charge in [0.15, 0.2) is 0 Å². The van der Waals surface area contributed by atoms with Crippen LogP contribution in [0.4, 0.5) is 4.79 Å². The Balaban J connectivity index is 1.61. The van der Waals surface area contributed by atoms with Gasteiger partial charge < -0.3 is 14.2 Å². The minimum atomic E-state index is -0.823. The van der Waals surface area contributed by atoms with Crippen molar-refractivity contribution >= 4 is 12.1 Å². The second-order valence-electron chi connectivity index (χ2n) is 8.52. The van der Waals surface area contributed by atoms with Crippen LogP contribution in [0.2, 0.25) is 0 Å². The summed E-state index contributed by atoms with van der Waals surface area (Å²) in [5, 5.41) is 0. The molecule has 0 unspecified atom stereocenters. The summed E-state index contributed by atoms with van der Waals surface area (Å²) in [4.78, 5) is 25.1. The summed E-state index contributed by atoms with van der Waals surface area (Å²) in [6.45, 7) is 4.15. The van der Waals surface area contributed by atoms with Gasteiger partial charge in [-0.25, -0.2) is 9.59 Å². The van der Waals surface area contributed by atoms with Crippen LogP contribution in [0.15, 0.2) is 72.8 Å². The molecule has 3 aromatic carbocycles. The summed E-state index contributed by atoms with van der Waals surface area (Å²) < 4.78 is 16.4. The molecule has 0 saturated heterocycles. The van der Waals surface area contributed by atoms with Crippen LogP contribution >= 0.6 is 0 Å². The van der Waals surface area contributed by atoms with Crippen LogP contribution in [-0.2, 0) is 26.0 Å². The average molecular weight is 459 g/mol. The van der Waals surface area contributed by atoms with Crippen molar-refractivity contribution in [3.8, 4) is 11.1 Å². The van der Waals surface area contributed by atoms with Crippen molar-refractivity contribution in [1.29, 1.82) is 0 Å². The van der Waals surface area contributed by atoms with Gasteiger partial charge in [-0.05, 0) is 59.7 Å². The molecule has 0 spiro atoms. The Bertz CT molecular complexity index is 1100. The van der Waals surface area contributed by atoms with E-state index in [9.17, 15) is 9.59 Å². The standard InChI is InChI=1S/C29H30O5/c1-3-5-10-21-15-17-22(18-16-21)27(30)33-19-29(20-34-28(31)32-4-2)25-13-8-6-11-23(25)24-12-7-9-14-26(24)29/h6-9,11-18H,3-5,10,19-20H2,1-2H3. The lowest BCUT2D eigenvalue weighted by Gasteiger charge is -2.30. The quantitative estimate of drug-likeness (QED) is 0.351. The van der Waals surface area contributed by atoms with E-state index >= 15 is 0 Å². The maximum Gasteiger partial charge on any atom is 0.508 e. The summed E-state index contributed by atoms with van der Waals surface area (Å²) >= 11 is 0. The molecular formula is C29H30O5. The summed E-state index contributed by atoms with van der Waals surface area (Å²) in [6, 6.07) is 23.5. The molecule has 1 aliphatic carbocycles. The zero-order chi connectivity index (χ0) is 24.0. The van der Waals surface area contributed by atoms with Crippen molar-refractivity contribution in [3.63, 3.8) is 0 Å². The van der Waals surface area contributed by atoms with Gasteiger partial charge in [-0.2, -0.15) is 0 Å². The number of unbranched alkanes of at least 4 members (excludes halogenated alkanes) is 1. The van der Waals surface area contributed by atoms with Gasteiger partial charge in [0, 0.05) is 0 Å². The second-order valence-corrected chi connectivity index (χ2v) is 8.52. The number of esters is 1. The normalized spacial score (nSPS) is 13.0. The van der Waals surface area contributed by atoms with Crippen LogP contribution in [0.25, 0.3) is 11.1 Å². The predicted molar refractivity (Wildman–Crippen MR) is 131 cm³/mol. The molecule has 0 heterocycles. The van der Waals surface area contributed by atoms with E-state index in [1.54, 1.807) is 6.92 Å². The zero-order valence-electron chi connectivity index (χ0n) is 19.7. The highest BCUT2D eigenvalue weighted by Gasteiger charge is 2.45. The number of ether oxygens (including phenoxy) is 3. The zero-order valence-corrected chi connectivity index (χ0v) is 19.7. The molecule has 0 radical (unpaired) electrons. The number of hydrogen-bond donors (Lipinski definition) is 0. The van der Waals surface area contributed by atoms with Gasteiger partial charge in [0.05, 0.1) is 17.6 Å². The van der Waals surface area contributed by atoms with Crippen molar-refractivity contribution < 1.29 is 23.8 Å². The Kier molecular flexibility index (Phi) is 7.31. The van der Waals surface area contributed by atoms with E-state index in [-0.39, 0.29) is 19.8 Å². The highest BCUT2D eigenvalue weighted by Crippen LogP contribution is 2.49. The fourth-order valence-corrected chi connectivity index (χ4v) is 4.57. The highest BCUT2D eigenvalue weighted by atomic mass is 16.7. The van der Waals surface area contributed by atoms with E-state index in [4.69, 9.17) is 14.2 Å². The third-order valence-corrected chi connectivity index (χ3v) is 6.33. The first-order valence-electron chi connectivity index (χ1n) is 11.8. The number of benzene rings is 3. The summed E-state index contributed by atoms with van der Waals surface area (Å²) in [6.07, 6.45) is 2.50. The lowest BCUT2D eigenvalue weighted by atomic mass is 9.79. The van der Waals surface area contributed by atoms with E-state index in [1.165, 1.54) is 5.56 Å². The molecule has 176 valence electrons. The van der Waals surface area contributed by atoms with E-state index in [1.807, 2.05) is 72.8 Å². The topological polar surface area (TPSA) is 61.8 Å². The molecule has 0 aromatic heterocycles. The monoisotopic (exact) mass is 458 g/mol. The molecule has 5 nitrogen and oxygen atoms in total. The average Bonchev–Trinajstić information content (AvgIpc) is 3.15. The van der Waals surface area contributed by atoms with Crippen LogP contribution < -0.4 is 0 Å². The number of hydrogen-bond acceptors (Lipinski definition) is 5. The highest BCUT2D eigenvalue weighted by molar-refractivity contribution is 5.90. The fourth-order valence-electron chi connectivity index (χ4n) is 4.57. The van der Waals surface area contributed by atoms with E-state index in [2.05, 4.69) is 6.92 Å². The molecule has 5 heteroatoms. The number of aryl methyl sites for hydroxylation is 1. The van der Waals surface area contributed by atoms with Crippen LogP contribution in [0, 0.1) is 0 Å². The van der Waals surface area contributed by atoms with Gasteiger partial charge in [0.1, 0.15) is 13.2 Å². The Hall–Kier alpha value is -3.60. The van der Waals surface area contributed by atoms with Crippen LogP contribution in [0.1, 0.15) is 53.7 Å². The molecule has 3 aromatic rings. The Labute approximate surface area is 200 Å². The molecule has 0 bridgehead atoms. The van der Waals surface area contributed by atoms with Gasteiger partial charge in [0.2, 0.25) is 0 Å². The first kappa shape index (κ1) is 23.6.